The van der Waals surface area contributed by atoms with Crippen LogP contribution in [0.1, 0.15) is 38.2 Å². The van der Waals surface area contributed by atoms with E-state index in [1.165, 1.54) is 18.9 Å². The monoisotopic (exact) mass is 299 g/mol. The minimum absolute atomic E-state index is 0.0920. The summed E-state index contributed by atoms with van der Waals surface area (Å²) in [5.74, 6) is -0.232. The van der Waals surface area contributed by atoms with Gasteiger partial charge in [0.1, 0.15) is 5.82 Å². The van der Waals surface area contributed by atoms with Crippen molar-refractivity contribution < 1.29 is 9.13 Å². The van der Waals surface area contributed by atoms with E-state index in [0.717, 1.165) is 19.4 Å². The molecule has 0 radical (unpaired) electrons. The van der Waals surface area contributed by atoms with E-state index in [-0.39, 0.29) is 17.5 Å². The lowest BCUT2D eigenvalue weighted by atomic mass is 9.87. The molecule has 1 aliphatic rings. The van der Waals surface area contributed by atoms with Crippen LogP contribution < -0.4 is 5.32 Å². The Morgan fingerprint density at radius 3 is 2.65 bits per heavy atom. The molecule has 1 saturated carbocycles. The zero-order valence-electron chi connectivity index (χ0n) is 12.2. The Labute approximate surface area is 125 Å². The molecule has 112 valence electrons. The summed E-state index contributed by atoms with van der Waals surface area (Å²) in [6.07, 6.45) is 4.94. The number of benzene rings is 1. The Bertz CT molecular complexity index is 426. The fraction of sp³-hybridized carbons (Fsp3) is 0.625. The standard InChI is InChI=1S/C16H23ClFNO/c1-3-19-15(16(20-2)9-4-5-10-16)11-12-13(17)7-6-8-14(12)18/h6-8,15,19H,3-5,9-11H2,1-2H3. The highest BCUT2D eigenvalue weighted by molar-refractivity contribution is 6.31. The van der Waals surface area contributed by atoms with Gasteiger partial charge in [0.2, 0.25) is 0 Å². The second-order valence-corrected chi connectivity index (χ2v) is 5.90. The molecule has 1 aromatic carbocycles. The van der Waals surface area contributed by atoms with Gasteiger partial charge in [0, 0.05) is 23.7 Å². The van der Waals surface area contributed by atoms with Gasteiger partial charge in [-0.05, 0) is 37.9 Å². The van der Waals surface area contributed by atoms with Crippen molar-refractivity contribution >= 4 is 11.6 Å². The smallest absolute Gasteiger partial charge is 0.127 e. The van der Waals surface area contributed by atoms with E-state index in [2.05, 4.69) is 12.2 Å². The van der Waals surface area contributed by atoms with Crippen LogP contribution in [-0.2, 0) is 11.2 Å². The van der Waals surface area contributed by atoms with Gasteiger partial charge in [-0.25, -0.2) is 4.39 Å². The molecule has 0 heterocycles. The molecule has 0 aliphatic heterocycles. The summed E-state index contributed by atoms with van der Waals surface area (Å²) in [5.41, 5.74) is 0.394. The molecule has 0 saturated heterocycles. The van der Waals surface area contributed by atoms with Crippen molar-refractivity contribution in [3.05, 3.63) is 34.6 Å². The van der Waals surface area contributed by atoms with Crippen molar-refractivity contribution in [1.82, 2.24) is 5.32 Å². The first-order chi connectivity index (χ1) is 9.63. The zero-order chi connectivity index (χ0) is 14.6. The lowest BCUT2D eigenvalue weighted by Crippen LogP contribution is -2.51. The Morgan fingerprint density at radius 2 is 2.10 bits per heavy atom. The Hall–Kier alpha value is -0.640. The van der Waals surface area contributed by atoms with Crippen molar-refractivity contribution in [2.45, 2.75) is 50.7 Å². The first-order valence-electron chi connectivity index (χ1n) is 7.34. The van der Waals surface area contributed by atoms with E-state index in [0.29, 0.717) is 17.0 Å². The summed E-state index contributed by atoms with van der Waals surface area (Å²) in [6, 6.07) is 4.95. The van der Waals surface area contributed by atoms with E-state index in [1.54, 1.807) is 19.2 Å². The summed E-state index contributed by atoms with van der Waals surface area (Å²) in [6.45, 7) is 2.90. The maximum absolute atomic E-state index is 14.0. The van der Waals surface area contributed by atoms with Gasteiger partial charge in [-0.2, -0.15) is 0 Å². The largest absolute Gasteiger partial charge is 0.377 e. The maximum atomic E-state index is 14.0. The Kier molecular flexibility index (Phi) is 5.42. The van der Waals surface area contributed by atoms with Crippen molar-refractivity contribution in [2.75, 3.05) is 13.7 Å². The predicted octanol–water partition coefficient (Wildman–Crippen LogP) is 3.96. The lowest BCUT2D eigenvalue weighted by molar-refractivity contribution is -0.0352. The van der Waals surface area contributed by atoms with Crippen LogP contribution in [0.15, 0.2) is 18.2 Å². The van der Waals surface area contributed by atoms with Crippen LogP contribution in [-0.4, -0.2) is 25.3 Å². The van der Waals surface area contributed by atoms with E-state index in [4.69, 9.17) is 16.3 Å². The van der Waals surface area contributed by atoms with Crippen molar-refractivity contribution in [3.8, 4) is 0 Å². The van der Waals surface area contributed by atoms with Crippen LogP contribution in [0.5, 0.6) is 0 Å². The van der Waals surface area contributed by atoms with Gasteiger partial charge in [0.25, 0.3) is 0 Å². The number of nitrogens with one attached hydrogen (secondary N) is 1. The number of rotatable bonds is 6. The van der Waals surface area contributed by atoms with Gasteiger partial charge >= 0.3 is 0 Å². The second kappa shape index (κ2) is 6.88. The minimum Gasteiger partial charge on any atom is -0.377 e. The summed E-state index contributed by atoms with van der Waals surface area (Å²) in [7, 11) is 1.76. The first kappa shape index (κ1) is 15.7. The molecule has 20 heavy (non-hydrogen) atoms. The van der Waals surface area contributed by atoms with Crippen molar-refractivity contribution in [2.24, 2.45) is 0 Å². The van der Waals surface area contributed by atoms with Gasteiger partial charge in [-0.15, -0.1) is 0 Å². The molecule has 1 aliphatic carbocycles. The van der Waals surface area contributed by atoms with E-state index >= 15 is 0 Å². The number of methoxy groups -OCH3 is 1. The Morgan fingerprint density at radius 1 is 1.40 bits per heavy atom. The predicted molar refractivity (Wildman–Crippen MR) is 80.8 cm³/mol. The van der Waals surface area contributed by atoms with Crippen molar-refractivity contribution in [1.29, 1.82) is 0 Å². The fourth-order valence-electron chi connectivity index (χ4n) is 3.29. The summed E-state index contributed by atoms with van der Waals surface area (Å²) < 4.78 is 19.9. The molecule has 0 bridgehead atoms. The van der Waals surface area contributed by atoms with Crippen LogP contribution in [0.2, 0.25) is 5.02 Å². The highest BCUT2D eigenvalue weighted by atomic mass is 35.5. The van der Waals surface area contributed by atoms with Crippen LogP contribution in [0, 0.1) is 5.82 Å². The van der Waals surface area contributed by atoms with E-state index < -0.39 is 0 Å². The zero-order valence-corrected chi connectivity index (χ0v) is 13.0. The number of ether oxygens (including phenoxy) is 1. The average Bonchev–Trinajstić information content (AvgIpc) is 2.92. The van der Waals surface area contributed by atoms with Gasteiger partial charge in [-0.3, -0.25) is 0 Å². The number of hydrogen-bond donors (Lipinski definition) is 1. The van der Waals surface area contributed by atoms with Crippen LogP contribution in [0.25, 0.3) is 0 Å². The third-order valence-electron chi connectivity index (χ3n) is 4.41. The van der Waals surface area contributed by atoms with E-state index in [9.17, 15) is 4.39 Å². The second-order valence-electron chi connectivity index (χ2n) is 5.49. The molecule has 0 aromatic heterocycles. The lowest BCUT2D eigenvalue weighted by Gasteiger charge is -2.37. The normalized spacial score (nSPS) is 19.2. The maximum Gasteiger partial charge on any atom is 0.127 e. The molecule has 0 amide bonds. The topological polar surface area (TPSA) is 21.3 Å². The van der Waals surface area contributed by atoms with Gasteiger partial charge in [0.05, 0.1) is 5.60 Å². The minimum atomic E-state index is -0.232. The highest BCUT2D eigenvalue weighted by Crippen LogP contribution is 2.37. The fourth-order valence-corrected chi connectivity index (χ4v) is 3.53. The molecule has 1 aromatic rings. The molecule has 0 spiro atoms. The molecule has 1 fully saturated rings. The summed E-state index contributed by atoms with van der Waals surface area (Å²) in [5, 5.41) is 3.97. The quantitative estimate of drug-likeness (QED) is 0.858. The SMILES string of the molecule is CCNC(Cc1c(F)cccc1Cl)C1(OC)CCCC1. The van der Waals surface area contributed by atoms with Crippen LogP contribution in [0.3, 0.4) is 0 Å². The molecule has 1 N–H and O–H groups in total. The van der Waals surface area contributed by atoms with Gasteiger partial charge < -0.3 is 10.1 Å². The van der Waals surface area contributed by atoms with Crippen LogP contribution >= 0.6 is 11.6 Å². The molecule has 1 unspecified atom stereocenters. The Balaban J connectivity index is 2.25. The first-order valence-corrected chi connectivity index (χ1v) is 7.72. The van der Waals surface area contributed by atoms with Gasteiger partial charge in [-0.1, -0.05) is 37.4 Å². The molecule has 1 atom stereocenters. The molecular formula is C16H23ClFNO. The number of halogens is 2. The van der Waals surface area contributed by atoms with Crippen molar-refractivity contribution in [3.63, 3.8) is 0 Å². The van der Waals surface area contributed by atoms with Gasteiger partial charge in [0.15, 0.2) is 0 Å². The molecule has 2 rings (SSSR count). The summed E-state index contributed by atoms with van der Waals surface area (Å²) in [4.78, 5) is 0. The third kappa shape index (κ3) is 3.16. The molecule has 4 heteroatoms. The average molecular weight is 300 g/mol. The van der Waals surface area contributed by atoms with Crippen LogP contribution in [0.4, 0.5) is 4.39 Å². The molecule has 2 nitrogen and oxygen atoms in total. The number of likely N-dealkylation sites (N-methyl/N-ethyl adjacent to an activating group) is 1. The summed E-state index contributed by atoms with van der Waals surface area (Å²) >= 11 is 6.16. The van der Waals surface area contributed by atoms with E-state index in [1.807, 2.05) is 0 Å². The molecular weight excluding hydrogens is 277 g/mol. The number of hydrogen-bond acceptors (Lipinski definition) is 2. The highest BCUT2D eigenvalue weighted by Gasteiger charge is 2.41. The third-order valence-corrected chi connectivity index (χ3v) is 4.77.